The van der Waals surface area contributed by atoms with E-state index in [4.69, 9.17) is 9.68 Å². The first kappa shape index (κ1) is 11.9. The summed E-state index contributed by atoms with van der Waals surface area (Å²) in [7, 11) is 1.84. The van der Waals surface area contributed by atoms with Crippen molar-refractivity contribution in [2.75, 3.05) is 11.9 Å². The average molecular weight is 240 g/mol. The number of anilines is 2. The summed E-state index contributed by atoms with van der Waals surface area (Å²) in [4.78, 5) is 13.0. The van der Waals surface area contributed by atoms with E-state index < -0.39 is 0 Å². The molecule has 0 N–H and O–H groups in total. The van der Waals surface area contributed by atoms with Crippen molar-refractivity contribution in [3.8, 4) is 6.07 Å². The van der Waals surface area contributed by atoms with Crippen molar-refractivity contribution in [1.29, 1.82) is 5.26 Å². The Labute approximate surface area is 105 Å². The minimum absolute atomic E-state index is 0.102. The molecule has 2 aromatic rings. The quantitative estimate of drug-likeness (QED) is 0.773. The summed E-state index contributed by atoms with van der Waals surface area (Å²) < 4.78 is 5.43. The third-order valence-electron chi connectivity index (χ3n) is 2.65. The van der Waals surface area contributed by atoms with Gasteiger partial charge in [-0.15, -0.1) is 0 Å². The lowest BCUT2D eigenvalue weighted by Crippen LogP contribution is -2.08. The summed E-state index contributed by atoms with van der Waals surface area (Å²) in [6.07, 6.45) is 0. The lowest BCUT2D eigenvalue weighted by molar-refractivity contribution is 0.0988. The fourth-order valence-corrected chi connectivity index (χ4v) is 1.58. The Bertz CT molecular complexity index is 605. The molecule has 4 nitrogen and oxygen atoms in total. The van der Waals surface area contributed by atoms with E-state index in [9.17, 15) is 4.79 Å². The molecule has 90 valence electrons. The van der Waals surface area contributed by atoms with Crippen molar-refractivity contribution in [2.45, 2.75) is 6.92 Å². The van der Waals surface area contributed by atoms with Crippen molar-refractivity contribution in [1.82, 2.24) is 0 Å². The van der Waals surface area contributed by atoms with Crippen LogP contribution in [-0.2, 0) is 0 Å². The minimum atomic E-state index is -0.102. The molecule has 18 heavy (non-hydrogen) atoms. The largest absolute Gasteiger partial charge is 0.437 e. The molecule has 0 spiro atoms. The third kappa shape index (κ3) is 2.25. The fraction of sp³-hybridized carbons (Fsp3) is 0.143. The summed E-state index contributed by atoms with van der Waals surface area (Å²) in [6, 6.07) is 12.6. The maximum atomic E-state index is 11.2. The number of hydrogen-bond acceptors (Lipinski definition) is 4. The van der Waals surface area contributed by atoms with E-state index >= 15 is 0 Å². The molecule has 4 heteroatoms. The van der Waals surface area contributed by atoms with Crippen LogP contribution in [0, 0.1) is 11.3 Å². The summed E-state index contributed by atoms with van der Waals surface area (Å²) in [5.41, 5.74) is 1.49. The van der Waals surface area contributed by atoms with Crippen molar-refractivity contribution in [3.63, 3.8) is 0 Å². The van der Waals surface area contributed by atoms with Gasteiger partial charge in [0.15, 0.2) is 17.4 Å². The Balaban J connectivity index is 2.26. The molecule has 2 rings (SSSR count). The number of carbonyl (C=O) groups excluding carboxylic acids is 1. The van der Waals surface area contributed by atoms with Gasteiger partial charge in [0.25, 0.3) is 0 Å². The summed E-state index contributed by atoms with van der Waals surface area (Å²) in [5.74, 6) is 0.824. The Kier molecular flexibility index (Phi) is 3.16. The zero-order valence-corrected chi connectivity index (χ0v) is 10.2. The summed E-state index contributed by atoms with van der Waals surface area (Å²) in [6.45, 7) is 1.46. The highest BCUT2D eigenvalue weighted by atomic mass is 16.4. The normalized spacial score (nSPS) is 9.83. The first-order valence-corrected chi connectivity index (χ1v) is 5.46. The van der Waals surface area contributed by atoms with E-state index in [1.807, 2.05) is 24.1 Å². The molecular formula is C14H12N2O2. The molecule has 0 saturated carbocycles. The molecule has 0 aliphatic carbocycles. The van der Waals surface area contributed by atoms with E-state index in [1.54, 1.807) is 24.3 Å². The Morgan fingerprint density at radius 3 is 2.39 bits per heavy atom. The van der Waals surface area contributed by atoms with E-state index in [2.05, 4.69) is 6.07 Å². The van der Waals surface area contributed by atoms with Crippen LogP contribution >= 0.6 is 0 Å². The smallest absolute Gasteiger partial charge is 0.200 e. The maximum absolute atomic E-state index is 11.2. The zero-order valence-electron chi connectivity index (χ0n) is 10.2. The van der Waals surface area contributed by atoms with Crippen molar-refractivity contribution in [3.05, 3.63) is 47.7 Å². The topological polar surface area (TPSA) is 57.2 Å². The highest BCUT2D eigenvalue weighted by Gasteiger charge is 2.11. The maximum Gasteiger partial charge on any atom is 0.200 e. The summed E-state index contributed by atoms with van der Waals surface area (Å²) in [5, 5.41) is 8.73. The predicted molar refractivity (Wildman–Crippen MR) is 67.9 cm³/mol. The number of nitriles is 1. The number of nitrogens with zero attached hydrogens (tertiary/aromatic N) is 2. The Morgan fingerprint density at radius 1 is 1.22 bits per heavy atom. The fourth-order valence-electron chi connectivity index (χ4n) is 1.58. The van der Waals surface area contributed by atoms with Gasteiger partial charge in [-0.25, -0.2) is 0 Å². The molecule has 0 aliphatic heterocycles. The van der Waals surface area contributed by atoms with Crippen LogP contribution in [-0.4, -0.2) is 12.8 Å². The van der Waals surface area contributed by atoms with Gasteiger partial charge in [0, 0.05) is 25.7 Å². The highest BCUT2D eigenvalue weighted by Crippen LogP contribution is 2.25. The number of Topliss-reactive ketones (excluding diaryl/α,β-unsaturated/α-hetero) is 1. The number of benzene rings is 1. The van der Waals surface area contributed by atoms with Gasteiger partial charge in [0.1, 0.15) is 0 Å². The van der Waals surface area contributed by atoms with Gasteiger partial charge in [-0.3, -0.25) is 4.79 Å². The van der Waals surface area contributed by atoms with Gasteiger partial charge in [-0.05, 0) is 30.3 Å². The van der Waals surface area contributed by atoms with Gasteiger partial charge in [-0.2, -0.15) is 5.26 Å². The van der Waals surface area contributed by atoms with Crippen LogP contribution in [0.3, 0.4) is 0 Å². The van der Waals surface area contributed by atoms with Gasteiger partial charge in [0.05, 0.1) is 11.6 Å². The third-order valence-corrected chi connectivity index (χ3v) is 2.65. The van der Waals surface area contributed by atoms with Crippen LogP contribution in [0.15, 0.2) is 40.8 Å². The van der Waals surface area contributed by atoms with Gasteiger partial charge >= 0.3 is 0 Å². The zero-order chi connectivity index (χ0) is 13.1. The van der Waals surface area contributed by atoms with E-state index in [1.165, 1.54) is 6.92 Å². The lowest BCUT2D eigenvalue weighted by atomic mass is 10.2. The van der Waals surface area contributed by atoms with Gasteiger partial charge in [-0.1, -0.05) is 0 Å². The monoisotopic (exact) mass is 240 g/mol. The van der Waals surface area contributed by atoms with Crippen LogP contribution < -0.4 is 4.90 Å². The van der Waals surface area contributed by atoms with Crippen LogP contribution in [0.4, 0.5) is 11.6 Å². The van der Waals surface area contributed by atoms with E-state index in [0.29, 0.717) is 17.2 Å². The average Bonchev–Trinajstić information content (AvgIpc) is 2.88. The molecule has 1 aromatic heterocycles. The lowest BCUT2D eigenvalue weighted by Gasteiger charge is -2.15. The second kappa shape index (κ2) is 4.76. The van der Waals surface area contributed by atoms with Crippen LogP contribution in [0.1, 0.15) is 23.0 Å². The first-order chi connectivity index (χ1) is 8.61. The van der Waals surface area contributed by atoms with E-state index in [-0.39, 0.29) is 5.78 Å². The molecule has 0 amide bonds. The van der Waals surface area contributed by atoms with Gasteiger partial charge in [0.2, 0.25) is 0 Å². The van der Waals surface area contributed by atoms with Gasteiger partial charge < -0.3 is 9.32 Å². The molecular weight excluding hydrogens is 228 g/mol. The number of furan rings is 1. The molecule has 1 aromatic carbocycles. The van der Waals surface area contributed by atoms with Crippen LogP contribution in [0.25, 0.3) is 0 Å². The molecule has 0 unspecified atom stereocenters. The molecule has 0 aliphatic rings. The molecule has 0 fully saturated rings. The van der Waals surface area contributed by atoms with E-state index in [0.717, 1.165) is 5.69 Å². The molecule has 0 saturated heterocycles. The molecule has 0 bridgehead atoms. The number of ketones is 1. The Hall–Kier alpha value is -2.54. The molecule has 0 atom stereocenters. The standard InChI is InChI=1S/C14H12N2O2/c1-10(17)13-7-8-14(18-13)16(2)12-5-3-11(9-15)4-6-12/h3-8H,1-2H3. The molecule has 0 radical (unpaired) electrons. The van der Waals surface area contributed by atoms with Crippen LogP contribution in [0.2, 0.25) is 0 Å². The first-order valence-electron chi connectivity index (χ1n) is 5.46. The Morgan fingerprint density at radius 2 is 1.89 bits per heavy atom. The highest BCUT2D eigenvalue weighted by molar-refractivity contribution is 5.91. The summed E-state index contributed by atoms with van der Waals surface area (Å²) >= 11 is 0. The number of rotatable bonds is 3. The van der Waals surface area contributed by atoms with Crippen molar-refractivity contribution >= 4 is 17.4 Å². The predicted octanol–water partition coefficient (Wildman–Crippen LogP) is 3.12. The number of hydrogen-bond donors (Lipinski definition) is 0. The van der Waals surface area contributed by atoms with Crippen molar-refractivity contribution in [2.24, 2.45) is 0 Å². The van der Waals surface area contributed by atoms with Crippen LogP contribution in [0.5, 0.6) is 0 Å². The second-order valence-corrected chi connectivity index (χ2v) is 3.91. The minimum Gasteiger partial charge on any atom is -0.437 e. The van der Waals surface area contributed by atoms with Crippen molar-refractivity contribution < 1.29 is 9.21 Å². The molecule has 1 heterocycles. The second-order valence-electron chi connectivity index (χ2n) is 3.91. The number of carbonyl (C=O) groups is 1. The SMILES string of the molecule is CC(=O)c1ccc(N(C)c2ccc(C#N)cc2)o1.